The standard InChI is InChI=1S/C28H35F3N4O4.C7H10O/c1-8-18-9-11-19(12-10-18)20(15-36)33-25(37)24-17(4)26(35(34-24)27(5,6)7)39-22-14-32-13-21(38-16(2)3)23(22)28(29,30)31;8-6-2-1-3-7-4-5-7/h9-14,16,20,36H,8,15H2,1-7H3,(H,33,37);3,6H,1-2,4-5H2. The number of aromatic nitrogens is 3. The topological polar surface area (TPSA) is 116 Å². The first kappa shape index (κ1) is 37.3. The molecule has 1 saturated carbocycles. The molecule has 4 rings (SSSR count). The largest absolute Gasteiger partial charge is 0.489 e. The second kappa shape index (κ2) is 16.1. The van der Waals surface area contributed by atoms with Crippen molar-refractivity contribution in [3.8, 4) is 17.4 Å². The van der Waals surface area contributed by atoms with Crippen molar-refractivity contribution in [2.24, 2.45) is 0 Å². The molecule has 12 heteroatoms. The summed E-state index contributed by atoms with van der Waals surface area (Å²) in [4.78, 5) is 27.0. The Bertz CT molecular complexity index is 1530. The summed E-state index contributed by atoms with van der Waals surface area (Å²) in [5.74, 6) is -1.70. The molecule has 1 unspecified atom stereocenters. The molecule has 3 aromatic rings. The van der Waals surface area contributed by atoms with Gasteiger partial charge in [-0.25, -0.2) is 4.68 Å². The summed E-state index contributed by atoms with van der Waals surface area (Å²) in [5.41, 5.74) is 1.65. The number of halogens is 3. The molecule has 0 aliphatic heterocycles. The third-order valence-electron chi connectivity index (χ3n) is 7.18. The normalized spacial score (nSPS) is 13.4. The van der Waals surface area contributed by atoms with Gasteiger partial charge < -0.3 is 24.7 Å². The second-order valence-electron chi connectivity index (χ2n) is 12.5. The van der Waals surface area contributed by atoms with Crippen molar-refractivity contribution in [1.82, 2.24) is 20.1 Å². The van der Waals surface area contributed by atoms with E-state index in [0.717, 1.165) is 37.1 Å². The van der Waals surface area contributed by atoms with Crippen LogP contribution in [0.4, 0.5) is 13.2 Å². The number of nitrogens with zero attached hydrogens (tertiary/aromatic N) is 3. The minimum atomic E-state index is -4.80. The van der Waals surface area contributed by atoms with Gasteiger partial charge in [-0.1, -0.05) is 42.8 Å². The highest BCUT2D eigenvalue weighted by Gasteiger charge is 2.40. The van der Waals surface area contributed by atoms with Crippen LogP contribution < -0.4 is 14.8 Å². The van der Waals surface area contributed by atoms with E-state index >= 15 is 0 Å². The average molecular weight is 659 g/mol. The Morgan fingerprint density at radius 2 is 1.72 bits per heavy atom. The number of aryl methyl sites for hydroxylation is 1. The number of aliphatic hydroxyl groups is 1. The Labute approximate surface area is 274 Å². The Hall–Kier alpha value is -4.19. The maximum absolute atomic E-state index is 14.1. The summed E-state index contributed by atoms with van der Waals surface area (Å²) < 4.78 is 54.9. The van der Waals surface area contributed by atoms with E-state index < -0.39 is 46.8 Å². The quantitative estimate of drug-likeness (QED) is 0.117. The summed E-state index contributed by atoms with van der Waals surface area (Å²) in [6.45, 7) is 11.8. The number of amides is 1. The molecule has 0 spiro atoms. The van der Waals surface area contributed by atoms with Gasteiger partial charge in [0.15, 0.2) is 17.2 Å². The van der Waals surface area contributed by atoms with E-state index in [4.69, 9.17) is 9.47 Å². The first-order valence-corrected chi connectivity index (χ1v) is 15.7. The van der Waals surface area contributed by atoms with Crippen molar-refractivity contribution in [2.45, 2.75) is 104 Å². The predicted octanol–water partition coefficient (Wildman–Crippen LogP) is 7.65. The SMILES string of the molecule is CCc1ccc(C(CO)NC(=O)c2nn(C(C)(C)C)c(Oc3cncc(OC(C)C)c3C(F)(F)F)c2C)cc1.O=CCCC=C1CC1. The number of pyridine rings is 1. The van der Waals surface area contributed by atoms with Crippen LogP contribution in [0.25, 0.3) is 0 Å². The molecular formula is C35H45F3N4O5. The number of hydrogen-bond donors (Lipinski definition) is 2. The maximum Gasteiger partial charge on any atom is 0.423 e. The van der Waals surface area contributed by atoms with Crippen molar-refractivity contribution in [2.75, 3.05) is 6.61 Å². The van der Waals surface area contributed by atoms with Gasteiger partial charge in [0.05, 0.1) is 36.7 Å². The van der Waals surface area contributed by atoms with Gasteiger partial charge in [-0.3, -0.25) is 9.78 Å². The number of carbonyl (C=O) groups excluding carboxylic acids is 2. The van der Waals surface area contributed by atoms with Crippen molar-refractivity contribution in [1.29, 1.82) is 0 Å². The molecule has 1 aliphatic carbocycles. The smallest absolute Gasteiger partial charge is 0.423 e. The first-order chi connectivity index (χ1) is 22.1. The molecule has 9 nitrogen and oxygen atoms in total. The van der Waals surface area contributed by atoms with Crippen molar-refractivity contribution < 1.29 is 37.3 Å². The van der Waals surface area contributed by atoms with Crippen LogP contribution in [0.3, 0.4) is 0 Å². The van der Waals surface area contributed by atoms with Crippen LogP contribution in [-0.4, -0.2) is 44.8 Å². The molecule has 0 bridgehead atoms. The van der Waals surface area contributed by atoms with Gasteiger partial charge in [0.2, 0.25) is 5.88 Å². The highest BCUT2D eigenvalue weighted by atomic mass is 19.4. The Balaban J connectivity index is 0.000000653. The lowest BCUT2D eigenvalue weighted by molar-refractivity contribution is -0.140. The molecule has 2 heterocycles. The number of hydrogen-bond acceptors (Lipinski definition) is 7. The predicted molar refractivity (Wildman–Crippen MR) is 173 cm³/mol. The third kappa shape index (κ3) is 10.4. The zero-order chi connectivity index (χ0) is 34.9. The molecule has 0 radical (unpaired) electrons. The van der Waals surface area contributed by atoms with Gasteiger partial charge in [0.25, 0.3) is 5.91 Å². The number of ether oxygens (including phenoxy) is 2. The van der Waals surface area contributed by atoms with Gasteiger partial charge >= 0.3 is 6.18 Å². The van der Waals surface area contributed by atoms with Crippen LogP contribution in [0.1, 0.15) is 106 Å². The Morgan fingerprint density at radius 1 is 1.09 bits per heavy atom. The third-order valence-corrected chi connectivity index (χ3v) is 7.18. The average Bonchev–Trinajstić information content (AvgIpc) is 3.76. The number of aldehydes is 1. The molecule has 1 aromatic carbocycles. The lowest BCUT2D eigenvalue weighted by Crippen LogP contribution is -2.32. The molecular weight excluding hydrogens is 613 g/mol. The number of alkyl halides is 3. The fourth-order valence-electron chi connectivity index (χ4n) is 4.58. The number of allylic oxidation sites excluding steroid dienone is 2. The van der Waals surface area contributed by atoms with E-state index in [1.165, 1.54) is 23.1 Å². The lowest BCUT2D eigenvalue weighted by Gasteiger charge is -2.23. The molecule has 2 N–H and O–H groups in total. The van der Waals surface area contributed by atoms with E-state index in [9.17, 15) is 27.9 Å². The second-order valence-corrected chi connectivity index (χ2v) is 12.5. The summed E-state index contributed by atoms with van der Waals surface area (Å²) in [7, 11) is 0. The van der Waals surface area contributed by atoms with Gasteiger partial charge in [0.1, 0.15) is 11.8 Å². The molecule has 2 aromatic heterocycles. The van der Waals surface area contributed by atoms with Crippen LogP contribution >= 0.6 is 0 Å². The lowest BCUT2D eigenvalue weighted by atomic mass is 10.0. The van der Waals surface area contributed by atoms with Crippen LogP contribution in [0.15, 0.2) is 48.3 Å². The zero-order valence-electron chi connectivity index (χ0n) is 28.1. The first-order valence-electron chi connectivity index (χ1n) is 15.7. The fourth-order valence-corrected chi connectivity index (χ4v) is 4.58. The number of nitrogens with one attached hydrogen (secondary N) is 1. The summed E-state index contributed by atoms with van der Waals surface area (Å²) in [5, 5.41) is 17.1. The van der Waals surface area contributed by atoms with Gasteiger partial charge in [-0.2, -0.15) is 18.3 Å². The molecule has 1 fully saturated rings. The van der Waals surface area contributed by atoms with Crippen LogP contribution in [0.2, 0.25) is 0 Å². The Morgan fingerprint density at radius 3 is 2.23 bits per heavy atom. The minimum absolute atomic E-state index is 0.0420. The molecule has 1 aliphatic rings. The van der Waals surface area contributed by atoms with Crippen LogP contribution in [-0.2, 0) is 22.9 Å². The van der Waals surface area contributed by atoms with E-state index in [-0.39, 0.29) is 23.7 Å². The van der Waals surface area contributed by atoms with Crippen molar-refractivity contribution >= 4 is 12.2 Å². The van der Waals surface area contributed by atoms with Crippen molar-refractivity contribution in [3.63, 3.8) is 0 Å². The number of carbonyl (C=O) groups is 2. The highest BCUT2D eigenvalue weighted by Crippen LogP contribution is 2.44. The number of unbranched alkanes of at least 4 members (excludes halogenated alkanes) is 1. The van der Waals surface area contributed by atoms with Crippen molar-refractivity contribution in [3.05, 3.63) is 76.3 Å². The summed E-state index contributed by atoms with van der Waals surface area (Å²) in [6.07, 6.45) is 4.82. The summed E-state index contributed by atoms with van der Waals surface area (Å²) >= 11 is 0. The van der Waals surface area contributed by atoms with Crippen LogP contribution in [0.5, 0.6) is 17.4 Å². The van der Waals surface area contributed by atoms with Gasteiger partial charge in [-0.15, -0.1) is 0 Å². The molecule has 0 saturated heterocycles. The number of aliphatic hydroxyl groups excluding tert-OH is 1. The molecule has 1 atom stereocenters. The number of rotatable bonds is 12. The molecule has 47 heavy (non-hydrogen) atoms. The Kier molecular flexibility index (Phi) is 12.7. The fraction of sp³-hybridized carbons (Fsp3) is 0.486. The summed E-state index contributed by atoms with van der Waals surface area (Å²) in [6, 6.07) is 6.77. The minimum Gasteiger partial charge on any atom is -0.489 e. The zero-order valence-corrected chi connectivity index (χ0v) is 28.1. The highest BCUT2D eigenvalue weighted by molar-refractivity contribution is 5.94. The van der Waals surface area contributed by atoms with Gasteiger partial charge in [0, 0.05) is 12.0 Å². The number of benzene rings is 1. The van der Waals surface area contributed by atoms with E-state index in [1.54, 1.807) is 41.5 Å². The van der Waals surface area contributed by atoms with E-state index in [1.807, 2.05) is 31.2 Å². The van der Waals surface area contributed by atoms with Crippen LogP contribution in [0, 0.1) is 6.92 Å². The van der Waals surface area contributed by atoms with E-state index in [2.05, 4.69) is 21.5 Å². The monoisotopic (exact) mass is 658 g/mol. The molecule has 256 valence electrons. The van der Waals surface area contributed by atoms with Gasteiger partial charge in [-0.05, 0) is 78.4 Å². The maximum atomic E-state index is 14.1. The molecule has 1 amide bonds. The van der Waals surface area contributed by atoms with E-state index in [0.29, 0.717) is 12.0 Å².